The third kappa shape index (κ3) is 3.39. The topological polar surface area (TPSA) is 63.3 Å². The van der Waals surface area contributed by atoms with Crippen molar-refractivity contribution in [2.45, 2.75) is 25.8 Å². The summed E-state index contributed by atoms with van der Waals surface area (Å²) in [5.74, 6) is 3.48. The van der Waals surface area contributed by atoms with Gasteiger partial charge >= 0.3 is 0 Å². The van der Waals surface area contributed by atoms with Gasteiger partial charge in [0.05, 0.1) is 13.2 Å². The smallest absolute Gasteiger partial charge is 0.167 e. The van der Waals surface area contributed by atoms with E-state index in [0.29, 0.717) is 12.6 Å². The Labute approximate surface area is 130 Å². The number of methoxy groups -OCH3 is 1. The molecule has 1 N–H and O–H groups in total. The first-order valence-electron chi connectivity index (χ1n) is 7.66. The second-order valence-corrected chi connectivity index (χ2v) is 5.50. The number of hydrogen-bond donors (Lipinski definition) is 1. The van der Waals surface area contributed by atoms with Gasteiger partial charge in [-0.1, -0.05) is 0 Å². The molecule has 0 spiro atoms. The number of aryl methyl sites for hydroxylation is 1. The number of ether oxygens (including phenoxy) is 2. The van der Waals surface area contributed by atoms with Gasteiger partial charge in [0.2, 0.25) is 0 Å². The van der Waals surface area contributed by atoms with Crippen molar-refractivity contribution in [3.05, 3.63) is 35.9 Å². The zero-order valence-corrected chi connectivity index (χ0v) is 13.1. The van der Waals surface area contributed by atoms with Crippen LogP contribution in [0.4, 0.5) is 0 Å². The van der Waals surface area contributed by atoms with E-state index >= 15 is 0 Å². The van der Waals surface area contributed by atoms with E-state index in [1.54, 1.807) is 7.11 Å². The molecule has 1 aromatic carbocycles. The Kier molecular flexibility index (Phi) is 4.58. The summed E-state index contributed by atoms with van der Waals surface area (Å²) < 4.78 is 11.0. The maximum absolute atomic E-state index is 5.81. The molecule has 1 aliphatic heterocycles. The zero-order chi connectivity index (χ0) is 15.4. The Morgan fingerprint density at radius 2 is 2.05 bits per heavy atom. The third-order valence-corrected chi connectivity index (χ3v) is 3.98. The normalized spacial score (nSPS) is 18.5. The Morgan fingerprint density at radius 1 is 1.27 bits per heavy atom. The van der Waals surface area contributed by atoms with E-state index in [-0.39, 0.29) is 0 Å². The molecule has 118 valence electrons. The van der Waals surface area contributed by atoms with E-state index in [2.05, 4.69) is 20.1 Å². The minimum Gasteiger partial charge on any atom is -0.497 e. The molecule has 1 aliphatic rings. The Balaban J connectivity index is 1.51. The molecule has 0 unspecified atom stereocenters. The SMILES string of the molecule is COc1ccc(OCCN2CCC[C@H]2c2n[nH]c(C)n2)cc1. The highest BCUT2D eigenvalue weighted by Gasteiger charge is 2.28. The first-order valence-corrected chi connectivity index (χ1v) is 7.66. The minimum atomic E-state index is 0.310. The van der Waals surface area contributed by atoms with Crippen molar-refractivity contribution in [2.24, 2.45) is 0 Å². The van der Waals surface area contributed by atoms with Crippen molar-refractivity contribution in [2.75, 3.05) is 26.8 Å². The molecule has 0 bridgehead atoms. The molecule has 2 heterocycles. The van der Waals surface area contributed by atoms with Gasteiger partial charge in [-0.05, 0) is 50.6 Å². The number of aromatic amines is 1. The van der Waals surface area contributed by atoms with Crippen LogP contribution >= 0.6 is 0 Å². The van der Waals surface area contributed by atoms with Crippen molar-refractivity contribution in [1.82, 2.24) is 20.1 Å². The molecule has 1 fully saturated rings. The quantitative estimate of drug-likeness (QED) is 0.887. The van der Waals surface area contributed by atoms with Crippen LogP contribution in [0.25, 0.3) is 0 Å². The highest BCUT2D eigenvalue weighted by Crippen LogP contribution is 2.29. The highest BCUT2D eigenvalue weighted by atomic mass is 16.5. The summed E-state index contributed by atoms with van der Waals surface area (Å²) in [5.41, 5.74) is 0. The molecule has 0 aliphatic carbocycles. The number of nitrogens with one attached hydrogen (secondary N) is 1. The van der Waals surface area contributed by atoms with Gasteiger partial charge in [-0.3, -0.25) is 10.00 Å². The van der Waals surface area contributed by atoms with Gasteiger partial charge in [0.15, 0.2) is 5.82 Å². The number of likely N-dealkylation sites (tertiary alicyclic amines) is 1. The van der Waals surface area contributed by atoms with E-state index in [0.717, 1.165) is 42.7 Å². The van der Waals surface area contributed by atoms with Gasteiger partial charge in [0, 0.05) is 6.54 Å². The van der Waals surface area contributed by atoms with Gasteiger partial charge in [-0.15, -0.1) is 0 Å². The molecular weight excluding hydrogens is 280 g/mol. The number of nitrogens with zero attached hydrogens (tertiary/aromatic N) is 3. The van der Waals surface area contributed by atoms with Crippen LogP contribution in [0.1, 0.15) is 30.5 Å². The summed E-state index contributed by atoms with van der Waals surface area (Å²) in [4.78, 5) is 6.86. The van der Waals surface area contributed by atoms with Crippen molar-refractivity contribution < 1.29 is 9.47 Å². The molecular formula is C16H22N4O2. The molecule has 1 saturated heterocycles. The Bertz CT molecular complexity index is 596. The number of hydrogen-bond acceptors (Lipinski definition) is 5. The minimum absolute atomic E-state index is 0.310. The summed E-state index contributed by atoms with van der Waals surface area (Å²) in [6.07, 6.45) is 2.29. The van der Waals surface area contributed by atoms with Crippen molar-refractivity contribution in [3.63, 3.8) is 0 Å². The van der Waals surface area contributed by atoms with Gasteiger partial charge < -0.3 is 9.47 Å². The molecule has 0 amide bonds. The second kappa shape index (κ2) is 6.79. The van der Waals surface area contributed by atoms with E-state index < -0.39 is 0 Å². The Morgan fingerprint density at radius 3 is 2.73 bits per heavy atom. The number of H-pyrrole nitrogens is 1. The van der Waals surface area contributed by atoms with Crippen molar-refractivity contribution in [1.29, 1.82) is 0 Å². The van der Waals surface area contributed by atoms with Crippen LogP contribution in [0, 0.1) is 6.92 Å². The molecule has 2 aromatic rings. The average molecular weight is 302 g/mol. The van der Waals surface area contributed by atoms with Crippen LogP contribution in [0.2, 0.25) is 0 Å². The van der Waals surface area contributed by atoms with Crippen LogP contribution in [-0.4, -0.2) is 46.9 Å². The van der Waals surface area contributed by atoms with Crippen LogP contribution in [-0.2, 0) is 0 Å². The summed E-state index contributed by atoms with van der Waals surface area (Å²) in [6.45, 7) is 4.54. The van der Waals surface area contributed by atoms with Gasteiger partial charge in [0.1, 0.15) is 23.9 Å². The lowest BCUT2D eigenvalue weighted by Gasteiger charge is -2.22. The number of rotatable bonds is 6. The largest absolute Gasteiger partial charge is 0.497 e. The fourth-order valence-electron chi connectivity index (χ4n) is 2.85. The highest BCUT2D eigenvalue weighted by molar-refractivity contribution is 5.31. The number of benzene rings is 1. The second-order valence-electron chi connectivity index (χ2n) is 5.50. The fraction of sp³-hybridized carbons (Fsp3) is 0.500. The van der Waals surface area contributed by atoms with E-state index in [4.69, 9.17) is 9.47 Å². The third-order valence-electron chi connectivity index (χ3n) is 3.98. The molecule has 22 heavy (non-hydrogen) atoms. The summed E-state index contributed by atoms with van der Waals surface area (Å²) in [6, 6.07) is 7.98. The standard InChI is InChI=1S/C16H22N4O2/c1-12-17-16(19-18-12)15-4-3-9-20(15)10-11-22-14-7-5-13(21-2)6-8-14/h5-8,15H,3-4,9-11H2,1-2H3,(H,17,18,19)/t15-/m0/s1. The molecule has 0 radical (unpaired) electrons. The maximum atomic E-state index is 5.81. The Hall–Kier alpha value is -2.08. The van der Waals surface area contributed by atoms with Crippen LogP contribution < -0.4 is 9.47 Å². The average Bonchev–Trinajstić information content (AvgIpc) is 3.16. The van der Waals surface area contributed by atoms with E-state index in [1.807, 2.05) is 31.2 Å². The van der Waals surface area contributed by atoms with Crippen LogP contribution in [0.3, 0.4) is 0 Å². The van der Waals surface area contributed by atoms with E-state index in [1.165, 1.54) is 6.42 Å². The monoisotopic (exact) mass is 302 g/mol. The van der Waals surface area contributed by atoms with Gasteiger partial charge in [-0.25, -0.2) is 4.98 Å². The maximum Gasteiger partial charge on any atom is 0.167 e. The predicted octanol–water partition coefficient (Wildman–Crippen LogP) is 2.34. The van der Waals surface area contributed by atoms with Crippen molar-refractivity contribution >= 4 is 0 Å². The van der Waals surface area contributed by atoms with Crippen molar-refractivity contribution in [3.8, 4) is 11.5 Å². The first-order chi connectivity index (χ1) is 10.8. The summed E-state index contributed by atoms with van der Waals surface area (Å²) in [7, 11) is 1.66. The molecule has 1 atom stereocenters. The van der Waals surface area contributed by atoms with Crippen LogP contribution in [0.15, 0.2) is 24.3 Å². The molecule has 0 saturated carbocycles. The van der Waals surface area contributed by atoms with E-state index in [9.17, 15) is 0 Å². The molecule has 6 heteroatoms. The first kappa shape index (κ1) is 14.8. The molecule has 6 nitrogen and oxygen atoms in total. The van der Waals surface area contributed by atoms with Gasteiger partial charge in [-0.2, -0.15) is 5.10 Å². The lowest BCUT2D eigenvalue weighted by molar-refractivity contribution is 0.193. The lowest BCUT2D eigenvalue weighted by Crippen LogP contribution is -2.28. The molecule has 3 rings (SSSR count). The fourth-order valence-corrected chi connectivity index (χ4v) is 2.85. The zero-order valence-electron chi connectivity index (χ0n) is 13.1. The van der Waals surface area contributed by atoms with Crippen LogP contribution in [0.5, 0.6) is 11.5 Å². The summed E-state index contributed by atoms with van der Waals surface area (Å²) >= 11 is 0. The number of aromatic nitrogens is 3. The lowest BCUT2D eigenvalue weighted by atomic mass is 10.2. The predicted molar refractivity (Wildman–Crippen MR) is 83.2 cm³/mol. The van der Waals surface area contributed by atoms with Gasteiger partial charge in [0.25, 0.3) is 0 Å². The molecule has 1 aromatic heterocycles. The summed E-state index contributed by atoms with van der Waals surface area (Å²) in [5, 5.41) is 7.23.